The number of hydrogen-bond acceptors (Lipinski definition) is 3. The van der Waals surface area contributed by atoms with Crippen molar-refractivity contribution in [1.82, 2.24) is 9.97 Å². The van der Waals surface area contributed by atoms with Gasteiger partial charge in [-0.2, -0.15) is 0 Å². The Kier molecular flexibility index (Phi) is 2.15. The second-order valence-electron chi connectivity index (χ2n) is 2.18. The standard InChI is InChI=1S/C7H10N4/c1-5-6(2)11-7(3-9-5)10-4-8/h3-4H,1-2H3,(H2,8,10,11). The Bertz CT molecular complexity index is 280. The van der Waals surface area contributed by atoms with Crippen LogP contribution in [-0.2, 0) is 0 Å². The van der Waals surface area contributed by atoms with E-state index in [2.05, 4.69) is 15.0 Å². The van der Waals surface area contributed by atoms with Crippen molar-refractivity contribution in [3.05, 3.63) is 17.6 Å². The molecule has 0 radical (unpaired) electrons. The molecule has 4 heteroatoms. The van der Waals surface area contributed by atoms with Crippen LogP contribution >= 0.6 is 0 Å². The highest BCUT2D eigenvalue weighted by Crippen LogP contribution is 2.07. The molecule has 0 bridgehead atoms. The van der Waals surface area contributed by atoms with Crippen molar-refractivity contribution in [2.75, 3.05) is 0 Å². The molecule has 1 aromatic heterocycles. The van der Waals surface area contributed by atoms with Crippen LogP contribution < -0.4 is 5.73 Å². The molecule has 0 unspecified atom stereocenters. The third kappa shape index (κ3) is 1.73. The Morgan fingerprint density at radius 3 is 2.73 bits per heavy atom. The summed E-state index contributed by atoms with van der Waals surface area (Å²) in [5, 5.41) is 0. The fourth-order valence-electron chi connectivity index (χ4n) is 0.668. The van der Waals surface area contributed by atoms with Crippen LogP contribution in [0.25, 0.3) is 0 Å². The van der Waals surface area contributed by atoms with Crippen LogP contribution in [0.3, 0.4) is 0 Å². The van der Waals surface area contributed by atoms with Gasteiger partial charge in [-0.15, -0.1) is 0 Å². The molecule has 0 aliphatic heterocycles. The molecule has 58 valence electrons. The number of rotatable bonds is 1. The smallest absolute Gasteiger partial charge is 0.172 e. The molecule has 0 spiro atoms. The van der Waals surface area contributed by atoms with Crippen LogP contribution in [0.2, 0.25) is 0 Å². The molecule has 0 fully saturated rings. The van der Waals surface area contributed by atoms with E-state index >= 15 is 0 Å². The first-order valence-corrected chi connectivity index (χ1v) is 3.28. The molecular weight excluding hydrogens is 140 g/mol. The molecule has 0 aromatic carbocycles. The Morgan fingerprint density at radius 1 is 1.45 bits per heavy atom. The first-order valence-electron chi connectivity index (χ1n) is 3.28. The predicted molar refractivity (Wildman–Crippen MR) is 43.8 cm³/mol. The Morgan fingerprint density at radius 2 is 2.18 bits per heavy atom. The summed E-state index contributed by atoms with van der Waals surface area (Å²) < 4.78 is 0. The molecule has 4 nitrogen and oxygen atoms in total. The van der Waals surface area contributed by atoms with E-state index in [0.29, 0.717) is 5.82 Å². The third-order valence-electron chi connectivity index (χ3n) is 1.39. The van der Waals surface area contributed by atoms with E-state index in [1.165, 1.54) is 6.34 Å². The SMILES string of the molecule is Cc1ncc(N=CN)nc1C. The molecule has 0 aliphatic carbocycles. The van der Waals surface area contributed by atoms with Gasteiger partial charge in [-0.3, -0.25) is 4.98 Å². The topological polar surface area (TPSA) is 64.2 Å². The van der Waals surface area contributed by atoms with Crippen molar-refractivity contribution in [1.29, 1.82) is 0 Å². The molecule has 0 atom stereocenters. The lowest BCUT2D eigenvalue weighted by Crippen LogP contribution is -1.92. The lowest BCUT2D eigenvalue weighted by Gasteiger charge is -1.97. The number of nitrogens with zero attached hydrogens (tertiary/aromatic N) is 3. The van der Waals surface area contributed by atoms with Crippen molar-refractivity contribution in [3.63, 3.8) is 0 Å². The van der Waals surface area contributed by atoms with Gasteiger partial charge < -0.3 is 5.73 Å². The zero-order valence-electron chi connectivity index (χ0n) is 6.57. The van der Waals surface area contributed by atoms with Crippen molar-refractivity contribution in [3.8, 4) is 0 Å². The summed E-state index contributed by atoms with van der Waals surface area (Å²) in [7, 11) is 0. The van der Waals surface area contributed by atoms with Gasteiger partial charge in [0.05, 0.1) is 23.9 Å². The van der Waals surface area contributed by atoms with Crippen molar-refractivity contribution in [2.24, 2.45) is 10.7 Å². The number of hydrogen-bond donors (Lipinski definition) is 1. The van der Waals surface area contributed by atoms with Gasteiger partial charge in [0.1, 0.15) is 0 Å². The van der Waals surface area contributed by atoms with Crippen molar-refractivity contribution >= 4 is 12.2 Å². The van der Waals surface area contributed by atoms with Crippen LogP contribution in [-0.4, -0.2) is 16.3 Å². The maximum absolute atomic E-state index is 5.09. The predicted octanol–water partition coefficient (Wildman–Crippen LogP) is 0.712. The van der Waals surface area contributed by atoms with E-state index in [9.17, 15) is 0 Å². The summed E-state index contributed by atoms with van der Waals surface area (Å²) in [6.45, 7) is 3.79. The van der Waals surface area contributed by atoms with E-state index in [1.54, 1.807) is 6.20 Å². The minimum absolute atomic E-state index is 0.551. The zero-order chi connectivity index (χ0) is 8.27. The van der Waals surface area contributed by atoms with Crippen LogP contribution in [0.15, 0.2) is 11.2 Å². The largest absolute Gasteiger partial charge is 0.390 e. The summed E-state index contributed by atoms with van der Waals surface area (Å²) >= 11 is 0. The van der Waals surface area contributed by atoms with E-state index < -0.39 is 0 Å². The van der Waals surface area contributed by atoms with Gasteiger partial charge in [0.25, 0.3) is 0 Å². The maximum atomic E-state index is 5.09. The molecule has 0 saturated carbocycles. The summed E-state index contributed by atoms with van der Waals surface area (Å²) in [6.07, 6.45) is 2.80. The average molecular weight is 150 g/mol. The zero-order valence-corrected chi connectivity index (χ0v) is 6.57. The molecule has 0 saturated heterocycles. The molecule has 11 heavy (non-hydrogen) atoms. The molecule has 1 aromatic rings. The van der Waals surface area contributed by atoms with Gasteiger partial charge >= 0.3 is 0 Å². The average Bonchev–Trinajstić information content (AvgIpc) is 1.98. The van der Waals surface area contributed by atoms with E-state index in [-0.39, 0.29) is 0 Å². The fourth-order valence-corrected chi connectivity index (χ4v) is 0.668. The van der Waals surface area contributed by atoms with Gasteiger partial charge in [-0.05, 0) is 13.8 Å². The van der Waals surface area contributed by atoms with Gasteiger partial charge in [-0.1, -0.05) is 0 Å². The Labute approximate surface area is 65.2 Å². The van der Waals surface area contributed by atoms with Gasteiger partial charge in [0.15, 0.2) is 5.82 Å². The number of aromatic nitrogens is 2. The number of aliphatic imine (C=N–C) groups is 1. The summed E-state index contributed by atoms with van der Waals surface area (Å²) in [6, 6.07) is 0. The molecule has 0 amide bonds. The van der Waals surface area contributed by atoms with Gasteiger partial charge in [0, 0.05) is 0 Å². The first kappa shape index (κ1) is 7.65. The van der Waals surface area contributed by atoms with E-state index in [0.717, 1.165) is 11.4 Å². The van der Waals surface area contributed by atoms with Crippen LogP contribution in [0, 0.1) is 13.8 Å². The quantitative estimate of drug-likeness (QED) is 0.473. The molecule has 1 rings (SSSR count). The molecule has 0 aliphatic rings. The Hall–Kier alpha value is -1.45. The minimum atomic E-state index is 0.551. The Balaban J connectivity index is 3.05. The van der Waals surface area contributed by atoms with Crippen LogP contribution in [0.5, 0.6) is 0 Å². The van der Waals surface area contributed by atoms with E-state index in [4.69, 9.17) is 5.73 Å². The fraction of sp³-hybridized carbons (Fsp3) is 0.286. The van der Waals surface area contributed by atoms with Crippen molar-refractivity contribution < 1.29 is 0 Å². The highest BCUT2D eigenvalue weighted by molar-refractivity contribution is 5.56. The van der Waals surface area contributed by atoms with Gasteiger partial charge in [0.2, 0.25) is 0 Å². The van der Waals surface area contributed by atoms with Crippen LogP contribution in [0.1, 0.15) is 11.4 Å². The molecule has 1 heterocycles. The first-order chi connectivity index (χ1) is 5.24. The van der Waals surface area contributed by atoms with E-state index in [1.807, 2.05) is 13.8 Å². The highest BCUT2D eigenvalue weighted by Gasteiger charge is 1.95. The maximum Gasteiger partial charge on any atom is 0.172 e. The second kappa shape index (κ2) is 3.09. The highest BCUT2D eigenvalue weighted by atomic mass is 15.0. The molecule has 2 N–H and O–H groups in total. The lowest BCUT2D eigenvalue weighted by atomic mass is 10.3. The normalized spacial score (nSPS) is 10.7. The second-order valence-corrected chi connectivity index (χ2v) is 2.18. The van der Waals surface area contributed by atoms with Crippen molar-refractivity contribution in [2.45, 2.75) is 13.8 Å². The van der Waals surface area contributed by atoms with Crippen LogP contribution in [0.4, 0.5) is 5.82 Å². The number of nitrogens with two attached hydrogens (primary N) is 1. The third-order valence-corrected chi connectivity index (χ3v) is 1.39. The lowest BCUT2D eigenvalue weighted by molar-refractivity contribution is 1.04. The number of aryl methyl sites for hydroxylation is 2. The monoisotopic (exact) mass is 150 g/mol. The summed E-state index contributed by atoms with van der Waals surface area (Å²) in [5.41, 5.74) is 6.89. The summed E-state index contributed by atoms with van der Waals surface area (Å²) in [4.78, 5) is 12.0. The van der Waals surface area contributed by atoms with Gasteiger partial charge in [-0.25, -0.2) is 9.98 Å². The summed E-state index contributed by atoms with van der Waals surface area (Å²) in [5.74, 6) is 0.551. The minimum Gasteiger partial charge on any atom is -0.390 e. The molecular formula is C7H10N4.